The first-order chi connectivity index (χ1) is 11.6. The minimum absolute atomic E-state index is 0.0245. The normalized spacial score (nSPS) is 17.7. The van der Waals surface area contributed by atoms with Crippen molar-refractivity contribution in [3.63, 3.8) is 0 Å². The zero-order chi connectivity index (χ0) is 17.1. The first-order valence-corrected chi connectivity index (χ1v) is 7.91. The maximum absolute atomic E-state index is 12.2. The van der Waals surface area contributed by atoms with Gasteiger partial charge in [0.05, 0.1) is 13.2 Å². The van der Waals surface area contributed by atoms with E-state index in [0.29, 0.717) is 18.7 Å². The summed E-state index contributed by atoms with van der Waals surface area (Å²) in [6, 6.07) is 7.39. The largest absolute Gasteiger partial charge is 0.395 e. The van der Waals surface area contributed by atoms with Gasteiger partial charge in [0.25, 0.3) is 11.8 Å². The van der Waals surface area contributed by atoms with Crippen molar-refractivity contribution >= 4 is 23.4 Å². The number of anilines is 1. The number of nitrogens with one attached hydrogen (secondary N) is 1. The van der Waals surface area contributed by atoms with Crippen LogP contribution in [-0.4, -0.2) is 52.3 Å². The number of carbonyl (C=O) groups excluding carboxylic acids is 3. The fourth-order valence-electron chi connectivity index (χ4n) is 2.91. The predicted octanol–water partition coefficient (Wildman–Crippen LogP) is 0.466. The van der Waals surface area contributed by atoms with Crippen LogP contribution in [0.1, 0.15) is 18.4 Å². The molecule has 24 heavy (non-hydrogen) atoms. The van der Waals surface area contributed by atoms with E-state index >= 15 is 0 Å². The molecule has 2 N–H and O–H groups in total. The topological polar surface area (TPSA) is 90.0 Å². The van der Waals surface area contributed by atoms with E-state index in [-0.39, 0.29) is 24.8 Å². The van der Waals surface area contributed by atoms with Gasteiger partial charge in [0.15, 0.2) is 0 Å². The van der Waals surface area contributed by atoms with Crippen molar-refractivity contribution in [1.82, 2.24) is 9.80 Å². The minimum atomic E-state index is -0.457. The van der Waals surface area contributed by atoms with Crippen molar-refractivity contribution in [2.45, 2.75) is 19.4 Å². The molecule has 126 valence electrons. The molecule has 0 aromatic heterocycles. The van der Waals surface area contributed by atoms with E-state index in [0.717, 1.165) is 23.4 Å². The molecule has 2 heterocycles. The van der Waals surface area contributed by atoms with Gasteiger partial charge in [-0.3, -0.25) is 19.3 Å². The minimum Gasteiger partial charge on any atom is -0.395 e. The lowest BCUT2D eigenvalue weighted by atomic mass is 10.1. The summed E-state index contributed by atoms with van der Waals surface area (Å²) in [6.07, 6.45) is 2.67. The van der Waals surface area contributed by atoms with E-state index in [1.807, 2.05) is 24.3 Å². The maximum atomic E-state index is 12.2. The summed E-state index contributed by atoms with van der Waals surface area (Å²) in [5.74, 6) is -0.768. The van der Waals surface area contributed by atoms with Crippen LogP contribution in [-0.2, 0) is 20.9 Å². The van der Waals surface area contributed by atoms with E-state index < -0.39 is 11.8 Å². The number of likely N-dealkylation sites (tertiary alicyclic amines) is 1. The highest BCUT2D eigenvalue weighted by molar-refractivity contribution is 6.17. The van der Waals surface area contributed by atoms with E-state index in [1.54, 1.807) is 4.90 Å². The highest BCUT2D eigenvalue weighted by Gasteiger charge is 2.31. The molecule has 0 aliphatic carbocycles. The van der Waals surface area contributed by atoms with Gasteiger partial charge < -0.3 is 15.3 Å². The van der Waals surface area contributed by atoms with Gasteiger partial charge in [-0.25, -0.2) is 0 Å². The van der Waals surface area contributed by atoms with Crippen molar-refractivity contribution in [1.29, 1.82) is 0 Å². The van der Waals surface area contributed by atoms with E-state index in [1.165, 1.54) is 6.08 Å². The first-order valence-electron chi connectivity index (χ1n) is 7.91. The summed E-state index contributed by atoms with van der Waals surface area (Å²) < 4.78 is 0. The molecule has 0 atom stereocenters. The Labute approximate surface area is 139 Å². The van der Waals surface area contributed by atoms with Crippen molar-refractivity contribution in [3.8, 4) is 0 Å². The molecule has 1 fully saturated rings. The van der Waals surface area contributed by atoms with Gasteiger partial charge in [-0.15, -0.1) is 0 Å². The number of hydrogen-bond donors (Lipinski definition) is 2. The molecule has 1 aromatic carbocycles. The van der Waals surface area contributed by atoms with E-state index in [2.05, 4.69) is 5.32 Å². The van der Waals surface area contributed by atoms with Crippen LogP contribution in [0, 0.1) is 0 Å². The lowest BCUT2D eigenvalue weighted by molar-refractivity contribution is -0.137. The smallest absolute Gasteiger partial charge is 0.277 e. The van der Waals surface area contributed by atoms with E-state index in [9.17, 15) is 14.4 Å². The number of hydrogen-bond acceptors (Lipinski definition) is 5. The van der Waals surface area contributed by atoms with Gasteiger partial charge in [-0.05, 0) is 18.1 Å². The predicted molar refractivity (Wildman–Crippen MR) is 86.6 cm³/mol. The van der Waals surface area contributed by atoms with Crippen molar-refractivity contribution < 1.29 is 19.5 Å². The number of aliphatic hydroxyl groups is 1. The third-order valence-corrected chi connectivity index (χ3v) is 4.15. The summed E-state index contributed by atoms with van der Waals surface area (Å²) in [7, 11) is 0. The molecule has 1 saturated heterocycles. The second-order valence-corrected chi connectivity index (χ2v) is 5.78. The zero-order valence-corrected chi connectivity index (χ0v) is 13.2. The van der Waals surface area contributed by atoms with Crippen molar-refractivity contribution in [2.75, 3.05) is 25.0 Å². The van der Waals surface area contributed by atoms with Crippen LogP contribution in [0.5, 0.6) is 0 Å². The molecule has 7 nitrogen and oxygen atoms in total. The van der Waals surface area contributed by atoms with Crippen molar-refractivity contribution in [3.05, 3.63) is 41.6 Å². The Hall–Kier alpha value is -2.67. The molecule has 0 unspecified atom stereocenters. The highest BCUT2D eigenvalue weighted by Crippen LogP contribution is 2.23. The monoisotopic (exact) mass is 329 g/mol. The molecule has 1 aromatic rings. The van der Waals surface area contributed by atoms with Crippen molar-refractivity contribution in [2.24, 2.45) is 0 Å². The van der Waals surface area contributed by atoms with Gasteiger partial charge in [0.1, 0.15) is 5.70 Å². The van der Waals surface area contributed by atoms with Crippen LogP contribution < -0.4 is 5.32 Å². The quantitative estimate of drug-likeness (QED) is 0.740. The summed E-state index contributed by atoms with van der Waals surface area (Å²) >= 11 is 0. The van der Waals surface area contributed by atoms with Crippen LogP contribution in [0.3, 0.4) is 0 Å². The number of β-amino-alcohol motifs (C(OH)–C–C–N with tert-alkyl or cyclic N) is 1. The van der Waals surface area contributed by atoms with Crippen LogP contribution in [0.15, 0.2) is 36.0 Å². The number of para-hydroxylation sites is 1. The number of carbonyl (C=O) groups is 3. The number of rotatable bonds is 6. The lowest BCUT2D eigenvalue weighted by Crippen LogP contribution is -2.34. The summed E-state index contributed by atoms with van der Waals surface area (Å²) in [4.78, 5) is 38.6. The molecule has 3 amide bonds. The highest BCUT2D eigenvalue weighted by atomic mass is 16.3. The third kappa shape index (κ3) is 3.16. The van der Waals surface area contributed by atoms with Crippen LogP contribution in [0.4, 0.5) is 5.69 Å². The average molecular weight is 329 g/mol. The standard InChI is InChI=1S/C17H19N3O4/c21-9-8-20-16(23)10-14(17(20)24)18-13-5-2-1-4-12(13)11-19-7-3-6-15(19)22/h1-2,4-5,10,18,21H,3,6-9,11H2. The fourth-order valence-corrected chi connectivity index (χ4v) is 2.91. The second-order valence-electron chi connectivity index (χ2n) is 5.78. The van der Waals surface area contributed by atoms with Gasteiger partial charge in [0, 0.05) is 31.3 Å². The summed E-state index contributed by atoms with van der Waals surface area (Å²) in [6.45, 7) is 0.908. The van der Waals surface area contributed by atoms with Crippen LogP contribution in [0.25, 0.3) is 0 Å². The Morgan fingerprint density at radius 1 is 1.17 bits per heavy atom. The fraction of sp³-hybridized carbons (Fsp3) is 0.353. The Balaban J connectivity index is 1.76. The molecular weight excluding hydrogens is 310 g/mol. The number of nitrogens with zero attached hydrogens (tertiary/aromatic N) is 2. The lowest BCUT2D eigenvalue weighted by Gasteiger charge is -2.19. The SMILES string of the molecule is O=C1CCCN1Cc1ccccc1NC1=CC(=O)N(CCO)C1=O. The molecule has 0 saturated carbocycles. The molecule has 0 bridgehead atoms. The van der Waals surface area contributed by atoms with Gasteiger partial charge in [-0.2, -0.15) is 0 Å². The molecule has 2 aliphatic rings. The Bertz CT molecular complexity index is 714. The number of amides is 3. The molecule has 3 rings (SSSR count). The summed E-state index contributed by atoms with van der Waals surface area (Å²) in [5, 5.41) is 11.9. The Kier molecular flexibility index (Phi) is 4.61. The number of benzene rings is 1. The molecule has 0 spiro atoms. The number of imide groups is 1. The van der Waals surface area contributed by atoms with Crippen LogP contribution >= 0.6 is 0 Å². The molecule has 2 aliphatic heterocycles. The van der Waals surface area contributed by atoms with Gasteiger partial charge in [-0.1, -0.05) is 18.2 Å². The second kappa shape index (κ2) is 6.84. The van der Waals surface area contributed by atoms with E-state index in [4.69, 9.17) is 5.11 Å². The van der Waals surface area contributed by atoms with Gasteiger partial charge >= 0.3 is 0 Å². The summed E-state index contributed by atoms with van der Waals surface area (Å²) in [5.41, 5.74) is 1.75. The maximum Gasteiger partial charge on any atom is 0.277 e. The van der Waals surface area contributed by atoms with Gasteiger partial charge in [0.2, 0.25) is 5.91 Å². The Morgan fingerprint density at radius 3 is 2.67 bits per heavy atom. The third-order valence-electron chi connectivity index (χ3n) is 4.15. The average Bonchev–Trinajstić information content (AvgIpc) is 3.08. The molecular formula is C17H19N3O4. The van der Waals surface area contributed by atoms with Crippen LogP contribution in [0.2, 0.25) is 0 Å². The molecule has 7 heteroatoms. The first kappa shape index (κ1) is 16.2. The molecule has 0 radical (unpaired) electrons. The number of aliphatic hydroxyl groups excluding tert-OH is 1. The Morgan fingerprint density at radius 2 is 1.96 bits per heavy atom. The zero-order valence-electron chi connectivity index (χ0n) is 13.2.